The summed E-state index contributed by atoms with van der Waals surface area (Å²) < 4.78 is 6.64. The molecule has 8 nitrogen and oxygen atoms in total. The second-order valence-electron chi connectivity index (χ2n) is 6.51. The third kappa shape index (κ3) is 3.36. The molecule has 3 rings (SSSR count). The van der Waals surface area contributed by atoms with E-state index in [1.54, 1.807) is 6.08 Å². The number of aromatic amines is 1. The van der Waals surface area contributed by atoms with E-state index in [2.05, 4.69) is 4.98 Å². The number of ether oxygens (including phenoxy) is 1. The van der Waals surface area contributed by atoms with Gasteiger partial charge in [0.2, 0.25) is 0 Å². The second kappa shape index (κ2) is 6.64. The Hall–Kier alpha value is -1.74. The maximum absolute atomic E-state index is 12.0. The van der Waals surface area contributed by atoms with Crippen LogP contribution in [0.5, 0.6) is 0 Å². The maximum Gasteiger partial charge on any atom is 0.330 e. The first-order chi connectivity index (χ1) is 11.4. The number of hydrogen-bond acceptors (Lipinski definition) is 6. The smallest absolute Gasteiger partial charge is 0.330 e. The Morgan fingerprint density at radius 2 is 2.08 bits per heavy atom. The Morgan fingerprint density at radius 3 is 2.71 bits per heavy atom. The minimum Gasteiger partial charge on any atom is -0.394 e. The first kappa shape index (κ1) is 17.1. The van der Waals surface area contributed by atoms with Crippen molar-refractivity contribution in [3.05, 3.63) is 38.7 Å². The van der Waals surface area contributed by atoms with Gasteiger partial charge in [-0.2, -0.15) is 0 Å². The van der Waals surface area contributed by atoms with Crippen molar-refractivity contribution < 1.29 is 20.1 Å². The highest BCUT2D eigenvalue weighted by Gasteiger charge is 2.35. The lowest BCUT2D eigenvalue weighted by Gasteiger charge is -2.17. The average molecular weight is 338 g/mol. The minimum atomic E-state index is -0.907. The third-order valence-electron chi connectivity index (χ3n) is 4.73. The summed E-state index contributed by atoms with van der Waals surface area (Å²) in [5.41, 5.74) is -1.88. The van der Waals surface area contributed by atoms with Crippen molar-refractivity contribution in [3.63, 3.8) is 0 Å². The normalized spacial score (nSPS) is 29.5. The molecule has 1 aliphatic carbocycles. The Bertz CT molecular complexity index is 731. The summed E-state index contributed by atoms with van der Waals surface area (Å²) in [5.74, 6) is 0. The number of aliphatic hydroxyl groups excluding tert-OH is 2. The Balaban J connectivity index is 1.88. The Labute approximate surface area is 138 Å². The van der Waals surface area contributed by atoms with Gasteiger partial charge in [-0.05, 0) is 18.9 Å². The van der Waals surface area contributed by atoms with E-state index < -0.39 is 35.3 Å². The van der Waals surface area contributed by atoms with Gasteiger partial charge in [0.1, 0.15) is 12.3 Å². The van der Waals surface area contributed by atoms with E-state index in [0.29, 0.717) is 12.8 Å². The van der Waals surface area contributed by atoms with Crippen molar-refractivity contribution in [1.82, 2.24) is 9.55 Å². The monoisotopic (exact) mass is 338 g/mol. The summed E-state index contributed by atoms with van der Waals surface area (Å²) in [6.45, 7) is -0.352. The zero-order chi connectivity index (χ0) is 17.3. The van der Waals surface area contributed by atoms with Crippen molar-refractivity contribution in [1.29, 1.82) is 0 Å². The van der Waals surface area contributed by atoms with Crippen molar-refractivity contribution in [2.75, 3.05) is 6.61 Å². The molecule has 3 atom stereocenters. The Morgan fingerprint density at radius 1 is 1.38 bits per heavy atom. The number of aliphatic hydroxyl groups is 3. The molecular weight excluding hydrogens is 316 g/mol. The van der Waals surface area contributed by atoms with Gasteiger partial charge in [0.15, 0.2) is 0 Å². The molecule has 0 aromatic carbocycles. The van der Waals surface area contributed by atoms with Crippen LogP contribution in [0.3, 0.4) is 0 Å². The van der Waals surface area contributed by atoms with Crippen LogP contribution in [0, 0.1) is 0 Å². The highest BCUT2D eigenvalue weighted by Crippen LogP contribution is 2.31. The topological polar surface area (TPSA) is 125 Å². The van der Waals surface area contributed by atoms with Crippen LogP contribution in [0.2, 0.25) is 0 Å². The lowest BCUT2D eigenvalue weighted by atomic mass is 10.0. The predicted molar refractivity (Wildman–Crippen MR) is 85.4 cm³/mol. The van der Waals surface area contributed by atoms with Gasteiger partial charge in [0.25, 0.3) is 5.56 Å². The van der Waals surface area contributed by atoms with E-state index >= 15 is 0 Å². The van der Waals surface area contributed by atoms with Gasteiger partial charge >= 0.3 is 5.69 Å². The largest absolute Gasteiger partial charge is 0.394 e. The molecule has 1 aromatic rings. The fourth-order valence-corrected chi connectivity index (χ4v) is 3.28. The van der Waals surface area contributed by atoms with Gasteiger partial charge in [0.05, 0.1) is 23.9 Å². The van der Waals surface area contributed by atoms with Crippen LogP contribution in [0.15, 0.2) is 21.9 Å². The van der Waals surface area contributed by atoms with Crippen molar-refractivity contribution >= 4 is 6.08 Å². The van der Waals surface area contributed by atoms with Gasteiger partial charge in [-0.1, -0.05) is 18.9 Å². The molecule has 0 unspecified atom stereocenters. The van der Waals surface area contributed by atoms with Crippen LogP contribution in [0.25, 0.3) is 6.08 Å². The molecule has 8 heteroatoms. The molecule has 2 aliphatic rings. The van der Waals surface area contributed by atoms with Crippen LogP contribution < -0.4 is 11.2 Å². The zero-order valence-corrected chi connectivity index (χ0v) is 13.2. The lowest BCUT2D eigenvalue weighted by molar-refractivity contribution is -0.0459. The van der Waals surface area contributed by atoms with E-state index in [4.69, 9.17) is 9.84 Å². The molecule has 0 amide bonds. The van der Waals surface area contributed by atoms with Crippen molar-refractivity contribution in [3.8, 4) is 0 Å². The molecule has 1 saturated carbocycles. The first-order valence-corrected chi connectivity index (χ1v) is 8.13. The van der Waals surface area contributed by atoms with Gasteiger partial charge in [-0.15, -0.1) is 0 Å². The average Bonchev–Trinajstić information content (AvgIpc) is 3.13. The number of nitrogens with one attached hydrogen (secondary N) is 1. The molecule has 0 spiro atoms. The number of rotatable bonds is 4. The number of aromatic nitrogens is 2. The van der Waals surface area contributed by atoms with Crippen LogP contribution in [0.1, 0.15) is 43.9 Å². The molecule has 1 aromatic heterocycles. The van der Waals surface area contributed by atoms with Crippen molar-refractivity contribution in [2.45, 2.75) is 56.1 Å². The van der Waals surface area contributed by atoms with Crippen molar-refractivity contribution in [2.24, 2.45) is 0 Å². The molecule has 2 heterocycles. The van der Waals surface area contributed by atoms with Crippen LogP contribution in [0.4, 0.5) is 0 Å². The molecule has 0 bridgehead atoms. The van der Waals surface area contributed by atoms with Gasteiger partial charge in [-0.3, -0.25) is 14.3 Å². The van der Waals surface area contributed by atoms with E-state index in [0.717, 1.165) is 12.8 Å². The predicted octanol–water partition coefficient (Wildman–Crippen LogP) is -0.504. The van der Waals surface area contributed by atoms with E-state index in [1.165, 1.54) is 16.8 Å². The molecule has 1 aliphatic heterocycles. The number of nitrogens with zero attached hydrogens (tertiary/aromatic N) is 1. The third-order valence-corrected chi connectivity index (χ3v) is 4.73. The summed E-state index contributed by atoms with van der Waals surface area (Å²) in [6, 6.07) is 0. The van der Waals surface area contributed by atoms with Crippen LogP contribution in [-0.4, -0.2) is 49.3 Å². The standard InChI is InChI=1S/C16H22N2O6/c19-9-12-11(20)7-13(24-12)18-8-10(14(21)17-15(18)22)3-6-16(23)4-1-2-5-16/h3,6,8,11-13,19-20,23H,1-2,4-5,7,9H2,(H,17,21,22)/b6-3+/t11-,12+,13+/m0/s1. The minimum absolute atomic E-state index is 0.143. The zero-order valence-electron chi connectivity index (χ0n) is 13.2. The first-order valence-electron chi connectivity index (χ1n) is 8.13. The molecule has 1 saturated heterocycles. The van der Waals surface area contributed by atoms with Gasteiger partial charge < -0.3 is 20.1 Å². The molecule has 24 heavy (non-hydrogen) atoms. The summed E-state index contributed by atoms with van der Waals surface area (Å²) in [5, 5.41) is 29.3. The lowest BCUT2D eigenvalue weighted by Crippen LogP contribution is -2.33. The highest BCUT2D eigenvalue weighted by molar-refractivity contribution is 5.48. The second-order valence-corrected chi connectivity index (χ2v) is 6.51. The fraction of sp³-hybridized carbons (Fsp3) is 0.625. The van der Waals surface area contributed by atoms with E-state index in [1.807, 2.05) is 0 Å². The summed E-state index contributed by atoms with van der Waals surface area (Å²) in [7, 11) is 0. The molecule has 4 N–H and O–H groups in total. The molecule has 132 valence electrons. The van der Waals surface area contributed by atoms with Gasteiger partial charge in [-0.25, -0.2) is 4.79 Å². The molecule has 2 fully saturated rings. The van der Waals surface area contributed by atoms with Crippen LogP contribution >= 0.6 is 0 Å². The molecular formula is C16H22N2O6. The number of H-pyrrole nitrogens is 1. The highest BCUT2D eigenvalue weighted by atomic mass is 16.5. The summed E-state index contributed by atoms with van der Waals surface area (Å²) in [4.78, 5) is 26.2. The summed E-state index contributed by atoms with van der Waals surface area (Å²) >= 11 is 0. The Kier molecular flexibility index (Phi) is 4.73. The van der Waals surface area contributed by atoms with Gasteiger partial charge in [0, 0.05) is 12.6 Å². The fourth-order valence-electron chi connectivity index (χ4n) is 3.28. The molecule has 0 radical (unpaired) electrons. The SMILES string of the molecule is O=c1[nH]c(=O)n([C@H]2C[C@H](O)[C@@H](CO)O2)cc1/C=C/C1(O)CCCC1. The van der Waals surface area contributed by atoms with E-state index in [9.17, 15) is 19.8 Å². The maximum atomic E-state index is 12.0. The van der Waals surface area contributed by atoms with E-state index in [-0.39, 0.29) is 18.6 Å². The quantitative estimate of drug-likeness (QED) is 0.586. The number of hydrogen-bond donors (Lipinski definition) is 4. The summed E-state index contributed by atoms with van der Waals surface area (Å²) in [6.07, 6.45) is 5.38. The van der Waals surface area contributed by atoms with Crippen LogP contribution in [-0.2, 0) is 4.74 Å².